The summed E-state index contributed by atoms with van der Waals surface area (Å²) in [5.41, 5.74) is 7.70. The van der Waals surface area contributed by atoms with Gasteiger partial charge in [0.15, 0.2) is 0 Å². The fourth-order valence-corrected chi connectivity index (χ4v) is 4.01. The lowest BCUT2D eigenvalue weighted by Crippen LogP contribution is -2.47. The van der Waals surface area contributed by atoms with Gasteiger partial charge < -0.3 is 11.1 Å². The molecule has 1 aliphatic carbocycles. The Hall–Kier alpha value is -1.20. The third-order valence-electron chi connectivity index (χ3n) is 4.42. The first-order valence-electron chi connectivity index (χ1n) is 7.32. The molecule has 0 radical (unpaired) electrons. The molecule has 4 nitrogen and oxygen atoms in total. The summed E-state index contributed by atoms with van der Waals surface area (Å²) >= 11 is 1.73. The second kappa shape index (κ2) is 5.30. The number of anilines is 1. The van der Waals surface area contributed by atoms with Gasteiger partial charge in [-0.05, 0) is 32.3 Å². The molecule has 0 saturated heterocycles. The molecular formula is C15H22N4S. The van der Waals surface area contributed by atoms with Crippen LogP contribution in [0.15, 0.2) is 6.33 Å². The molecule has 1 aliphatic rings. The zero-order chi connectivity index (χ0) is 14.2. The van der Waals surface area contributed by atoms with E-state index in [1.54, 1.807) is 17.7 Å². The van der Waals surface area contributed by atoms with Gasteiger partial charge in [-0.3, -0.25) is 0 Å². The molecule has 5 heteroatoms. The van der Waals surface area contributed by atoms with Crippen molar-refractivity contribution in [2.24, 2.45) is 5.73 Å². The number of nitrogens with zero attached hydrogens (tertiary/aromatic N) is 2. The van der Waals surface area contributed by atoms with Crippen molar-refractivity contribution in [3.8, 4) is 0 Å². The van der Waals surface area contributed by atoms with Crippen molar-refractivity contribution in [2.45, 2.75) is 51.5 Å². The van der Waals surface area contributed by atoms with Crippen LogP contribution in [0.4, 0.5) is 5.82 Å². The van der Waals surface area contributed by atoms with Crippen molar-refractivity contribution in [2.75, 3.05) is 11.9 Å². The predicted molar refractivity (Wildman–Crippen MR) is 85.4 cm³/mol. The van der Waals surface area contributed by atoms with Crippen LogP contribution in [0.5, 0.6) is 0 Å². The Morgan fingerprint density at radius 1 is 1.25 bits per heavy atom. The number of nitrogens with two attached hydrogens (primary N) is 1. The lowest BCUT2D eigenvalue weighted by atomic mass is 9.82. The Labute approximate surface area is 123 Å². The highest BCUT2D eigenvalue weighted by molar-refractivity contribution is 7.18. The summed E-state index contributed by atoms with van der Waals surface area (Å²) in [6.07, 6.45) is 7.66. The second-order valence-corrected chi connectivity index (χ2v) is 7.17. The van der Waals surface area contributed by atoms with E-state index >= 15 is 0 Å². The molecule has 0 bridgehead atoms. The van der Waals surface area contributed by atoms with Crippen LogP contribution >= 0.6 is 11.3 Å². The molecule has 3 rings (SSSR count). The number of rotatable bonds is 3. The fourth-order valence-electron chi connectivity index (χ4n) is 3.01. The van der Waals surface area contributed by atoms with E-state index in [9.17, 15) is 0 Å². The molecule has 2 aromatic heterocycles. The average molecular weight is 290 g/mol. The van der Waals surface area contributed by atoms with Crippen molar-refractivity contribution in [3.63, 3.8) is 0 Å². The highest BCUT2D eigenvalue weighted by atomic mass is 32.1. The number of nitrogens with one attached hydrogen (secondary N) is 1. The highest BCUT2D eigenvalue weighted by Crippen LogP contribution is 2.33. The molecule has 1 saturated carbocycles. The van der Waals surface area contributed by atoms with Crippen LogP contribution in [0.3, 0.4) is 0 Å². The van der Waals surface area contributed by atoms with Gasteiger partial charge in [0.25, 0.3) is 0 Å². The van der Waals surface area contributed by atoms with Crippen molar-refractivity contribution in [3.05, 3.63) is 16.8 Å². The number of hydrogen-bond donors (Lipinski definition) is 2. The fraction of sp³-hybridized carbons (Fsp3) is 0.600. The van der Waals surface area contributed by atoms with Gasteiger partial charge in [0.2, 0.25) is 0 Å². The van der Waals surface area contributed by atoms with Crippen LogP contribution in [-0.4, -0.2) is 22.1 Å². The van der Waals surface area contributed by atoms with Crippen molar-refractivity contribution < 1.29 is 0 Å². The summed E-state index contributed by atoms with van der Waals surface area (Å²) in [7, 11) is 0. The van der Waals surface area contributed by atoms with E-state index in [0.29, 0.717) is 0 Å². The van der Waals surface area contributed by atoms with Crippen LogP contribution < -0.4 is 11.1 Å². The Bertz CT molecular complexity index is 614. The summed E-state index contributed by atoms with van der Waals surface area (Å²) in [6, 6.07) is 0. The molecule has 2 heterocycles. The minimum absolute atomic E-state index is 0.0749. The molecule has 20 heavy (non-hydrogen) atoms. The topological polar surface area (TPSA) is 63.8 Å². The van der Waals surface area contributed by atoms with Crippen molar-refractivity contribution >= 4 is 27.4 Å². The summed E-state index contributed by atoms with van der Waals surface area (Å²) in [5, 5.41) is 4.64. The van der Waals surface area contributed by atoms with Gasteiger partial charge in [0.1, 0.15) is 17.0 Å². The van der Waals surface area contributed by atoms with Crippen LogP contribution in [0, 0.1) is 13.8 Å². The third-order valence-corrected chi connectivity index (χ3v) is 5.54. The summed E-state index contributed by atoms with van der Waals surface area (Å²) in [5.74, 6) is 0.937. The Morgan fingerprint density at radius 2 is 2.00 bits per heavy atom. The first-order chi connectivity index (χ1) is 9.59. The first-order valence-corrected chi connectivity index (χ1v) is 8.14. The molecule has 1 fully saturated rings. The normalized spacial score (nSPS) is 18.4. The van der Waals surface area contributed by atoms with Crippen LogP contribution in [0.25, 0.3) is 10.2 Å². The van der Waals surface area contributed by atoms with Gasteiger partial charge in [-0.1, -0.05) is 19.3 Å². The molecule has 0 atom stereocenters. The number of aromatic nitrogens is 2. The lowest BCUT2D eigenvalue weighted by molar-refractivity contribution is 0.311. The summed E-state index contributed by atoms with van der Waals surface area (Å²) in [6.45, 7) is 5.08. The minimum atomic E-state index is -0.0749. The van der Waals surface area contributed by atoms with Gasteiger partial charge >= 0.3 is 0 Å². The molecule has 0 amide bonds. The van der Waals surface area contributed by atoms with Gasteiger partial charge in [0.05, 0.1) is 5.39 Å². The van der Waals surface area contributed by atoms with Crippen molar-refractivity contribution in [1.82, 2.24) is 9.97 Å². The Morgan fingerprint density at radius 3 is 2.75 bits per heavy atom. The van der Waals surface area contributed by atoms with E-state index in [2.05, 4.69) is 29.1 Å². The number of thiophene rings is 1. The highest BCUT2D eigenvalue weighted by Gasteiger charge is 2.27. The van der Waals surface area contributed by atoms with Crippen molar-refractivity contribution in [1.29, 1.82) is 0 Å². The van der Waals surface area contributed by atoms with E-state index in [1.165, 1.54) is 29.7 Å². The zero-order valence-corrected chi connectivity index (χ0v) is 13.0. The molecule has 3 N–H and O–H groups in total. The molecular weight excluding hydrogens is 268 g/mol. The number of fused-ring (bicyclic) bond motifs is 1. The van der Waals surface area contributed by atoms with Crippen LogP contribution in [-0.2, 0) is 0 Å². The third kappa shape index (κ3) is 2.52. The number of hydrogen-bond acceptors (Lipinski definition) is 5. The standard InChI is InChI=1S/C15H22N4S/c1-10-11(2)20-14-12(10)13(18-9-19-14)17-8-15(16)6-4-3-5-7-15/h9H,3-8,16H2,1-2H3,(H,17,18,19). The molecule has 2 aromatic rings. The van der Waals surface area contributed by atoms with E-state index in [-0.39, 0.29) is 5.54 Å². The molecule has 0 aliphatic heterocycles. The van der Waals surface area contributed by atoms with Crippen LogP contribution in [0.2, 0.25) is 0 Å². The van der Waals surface area contributed by atoms with Crippen LogP contribution in [0.1, 0.15) is 42.5 Å². The van der Waals surface area contributed by atoms with E-state index < -0.39 is 0 Å². The quantitative estimate of drug-likeness (QED) is 0.909. The smallest absolute Gasteiger partial charge is 0.138 e. The maximum atomic E-state index is 6.49. The van der Waals surface area contributed by atoms with Gasteiger partial charge in [-0.25, -0.2) is 9.97 Å². The summed E-state index contributed by atoms with van der Waals surface area (Å²) in [4.78, 5) is 11.2. The maximum absolute atomic E-state index is 6.49. The predicted octanol–water partition coefficient (Wildman–Crippen LogP) is 3.38. The monoisotopic (exact) mass is 290 g/mol. The van der Waals surface area contributed by atoms with Gasteiger partial charge in [-0.15, -0.1) is 11.3 Å². The molecule has 0 aromatic carbocycles. The molecule has 0 spiro atoms. The minimum Gasteiger partial charge on any atom is -0.368 e. The maximum Gasteiger partial charge on any atom is 0.138 e. The lowest BCUT2D eigenvalue weighted by Gasteiger charge is -2.33. The summed E-state index contributed by atoms with van der Waals surface area (Å²) < 4.78 is 0. The Balaban J connectivity index is 1.84. The first kappa shape index (κ1) is 13.8. The number of aryl methyl sites for hydroxylation is 2. The SMILES string of the molecule is Cc1sc2ncnc(NCC3(N)CCCCC3)c2c1C. The molecule has 108 valence electrons. The second-order valence-electron chi connectivity index (χ2n) is 5.96. The van der Waals surface area contributed by atoms with E-state index in [4.69, 9.17) is 5.73 Å². The largest absolute Gasteiger partial charge is 0.368 e. The van der Waals surface area contributed by atoms with Gasteiger partial charge in [0, 0.05) is 17.0 Å². The Kier molecular flexibility index (Phi) is 3.65. The average Bonchev–Trinajstić information content (AvgIpc) is 2.73. The zero-order valence-electron chi connectivity index (χ0n) is 12.2. The van der Waals surface area contributed by atoms with Gasteiger partial charge in [-0.2, -0.15) is 0 Å². The molecule has 0 unspecified atom stereocenters. The van der Waals surface area contributed by atoms with E-state index in [0.717, 1.165) is 35.4 Å². The van der Waals surface area contributed by atoms with E-state index in [1.807, 2.05) is 0 Å².